The number of para-hydroxylation sites is 1. The molecule has 49 valence electrons. The number of rotatable bonds is 1. The summed E-state index contributed by atoms with van der Waals surface area (Å²) in [6.45, 7) is 0. The van der Waals surface area contributed by atoms with E-state index in [1.807, 2.05) is 24.3 Å². The van der Waals surface area contributed by atoms with Crippen LogP contribution >= 0.6 is 9.90 Å². The molecule has 0 spiro atoms. The van der Waals surface area contributed by atoms with E-state index >= 15 is 0 Å². The average Bonchev–Trinajstić information content (AvgIpc) is 1.90. The minimum Gasteiger partial charge on any atom is -0.577 e. The van der Waals surface area contributed by atoms with Crippen molar-refractivity contribution in [3.05, 3.63) is 30.3 Å². The summed E-state index contributed by atoms with van der Waals surface area (Å²) in [5.74, 6) is 0.785. The molecule has 3 heteroatoms. The Bertz CT molecular complexity index is 155. The first kappa shape index (κ1) is 13.1. The predicted molar refractivity (Wildman–Crippen MR) is 41.5 cm³/mol. The molecule has 0 fully saturated rings. The van der Waals surface area contributed by atoms with Gasteiger partial charge in [0.15, 0.2) is 0 Å². The molecule has 0 saturated heterocycles. The number of methoxy groups -OCH3 is 1. The maximum Gasteiger partial charge on any atom is 1.00 e. The second-order valence-electron chi connectivity index (χ2n) is 1.43. The van der Waals surface area contributed by atoms with E-state index in [1.165, 1.54) is 0 Å². The van der Waals surface area contributed by atoms with E-state index < -0.39 is 0 Å². The molecular weight excluding hydrogens is 154 g/mol. The van der Waals surface area contributed by atoms with Crippen molar-refractivity contribution in [1.82, 2.24) is 0 Å². The first-order valence-corrected chi connectivity index (χ1v) is 2.44. The number of ether oxygens (including phenoxy) is 1. The Hall–Kier alpha value is 0.450. The van der Waals surface area contributed by atoms with Crippen LogP contribution in [0.2, 0.25) is 0 Å². The molecule has 0 amide bonds. The summed E-state index contributed by atoms with van der Waals surface area (Å²) in [6.07, 6.45) is 0. The van der Waals surface area contributed by atoms with Crippen LogP contribution in [0, 0.1) is 6.07 Å². The molecular formula is C7H9NaOP. The average molecular weight is 163 g/mol. The summed E-state index contributed by atoms with van der Waals surface area (Å²) < 4.78 is 4.86. The number of hydrogen-bond acceptors (Lipinski definition) is 1. The van der Waals surface area contributed by atoms with E-state index in [2.05, 4.69) is 6.07 Å². The maximum absolute atomic E-state index is 4.86. The monoisotopic (exact) mass is 163 g/mol. The Morgan fingerprint density at radius 2 is 2.10 bits per heavy atom. The Balaban J connectivity index is 0. The molecule has 1 radical (unpaired) electrons. The summed E-state index contributed by atoms with van der Waals surface area (Å²) in [5.41, 5.74) is 0. The zero-order valence-corrected chi connectivity index (χ0v) is 9.45. The minimum absolute atomic E-state index is 0. The molecule has 1 rings (SSSR count). The van der Waals surface area contributed by atoms with Gasteiger partial charge in [0.05, 0.1) is 7.11 Å². The molecule has 1 aromatic carbocycles. The quantitative estimate of drug-likeness (QED) is 0.374. The van der Waals surface area contributed by atoms with Gasteiger partial charge in [0.2, 0.25) is 0 Å². The van der Waals surface area contributed by atoms with Crippen molar-refractivity contribution in [2.45, 2.75) is 0 Å². The molecule has 10 heavy (non-hydrogen) atoms. The van der Waals surface area contributed by atoms with Gasteiger partial charge in [-0.05, 0) is 6.07 Å². The van der Waals surface area contributed by atoms with Crippen LogP contribution in [0.25, 0.3) is 0 Å². The van der Waals surface area contributed by atoms with Gasteiger partial charge in [0.25, 0.3) is 0 Å². The van der Waals surface area contributed by atoms with Gasteiger partial charge in [-0.15, -0.1) is 0 Å². The zero-order valence-electron chi connectivity index (χ0n) is 6.29. The summed E-state index contributed by atoms with van der Waals surface area (Å²) >= 11 is 0. The van der Waals surface area contributed by atoms with Crippen LogP contribution in [-0.4, -0.2) is 7.11 Å². The third kappa shape index (κ3) is 4.29. The fourth-order valence-electron chi connectivity index (χ4n) is 0.504. The fraction of sp³-hybridized carbons (Fsp3) is 0.143. The van der Waals surface area contributed by atoms with E-state index in [0.29, 0.717) is 0 Å². The maximum atomic E-state index is 4.86. The SMILES string of the molecule is COc1[c]cccc1.[Na+].[PH2-]. The van der Waals surface area contributed by atoms with Crippen molar-refractivity contribution in [2.24, 2.45) is 0 Å². The van der Waals surface area contributed by atoms with Gasteiger partial charge in [0, 0.05) is 6.07 Å². The van der Waals surface area contributed by atoms with E-state index in [1.54, 1.807) is 7.11 Å². The molecule has 0 aromatic heterocycles. The molecule has 1 nitrogen and oxygen atoms in total. The first-order valence-electron chi connectivity index (χ1n) is 2.44. The second-order valence-corrected chi connectivity index (χ2v) is 1.43. The Kier molecular flexibility index (Phi) is 9.88. The molecule has 0 bridgehead atoms. The van der Waals surface area contributed by atoms with Crippen molar-refractivity contribution in [1.29, 1.82) is 0 Å². The Morgan fingerprint density at radius 3 is 2.40 bits per heavy atom. The van der Waals surface area contributed by atoms with Crippen LogP contribution in [0.15, 0.2) is 24.3 Å². The van der Waals surface area contributed by atoms with Crippen LogP contribution in [0.5, 0.6) is 5.75 Å². The van der Waals surface area contributed by atoms with Crippen molar-refractivity contribution >= 4 is 9.90 Å². The van der Waals surface area contributed by atoms with Crippen molar-refractivity contribution in [3.8, 4) is 5.75 Å². The van der Waals surface area contributed by atoms with Crippen molar-refractivity contribution in [2.75, 3.05) is 7.11 Å². The van der Waals surface area contributed by atoms with Crippen LogP contribution < -0.4 is 34.3 Å². The molecule has 0 aliphatic heterocycles. The van der Waals surface area contributed by atoms with Gasteiger partial charge in [-0.1, -0.05) is 18.2 Å². The largest absolute Gasteiger partial charge is 1.00 e. The molecule has 0 aliphatic rings. The summed E-state index contributed by atoms with van der Waals surface area (Å²) in [7, 11) is 1.63. The second kappa shape index (κ2) is 7.56. The zero-order chi connectivity index (χ0) is 5.82. The fourth-order valence-corrected chi connectivity index (χ4v) is 0.504. The van der Waals surface area contributed by atoms with Crippen molar-refractivity contribution < 1.29 is 34.3 Å². The van der Waals surface area contributed by atoms with Crippen LogP contribution in [0.3, 0.4) is 0 Å². The standard InChI is InChI=1S/C7H7O.Na.H2P/c1-8-7-5-3-2-4-6-7;;/h2-5H,1H3;;1H2/q;+1;-1. The molecule has 0 saturated carbocycles. The van der Waals surface area contributed by atoms with E-state index in [0.717, 1.165) is 5.75 Å². The van der Waals surface area contributed by atoms with E-state index in [4.69, 9.17) is 4.74 Å². The number of hydrogen-bond donors (Lipinski definition) is 0. The summed E-state index contributed by atoms with van der Waals surface area (Å²) in [5, 5.41) is 0. The van der Waals surface area contributed by atoms with Gasteiger partial charge in [-0.25, -0.2) is 0 Å². The van der Waals surface area contributed by atoms with Gasteiger partial charge in [0.1, 0.15) is 5.75 Å². The third-order valence-corrected chi connectivity index (χ3v) is 0.900. The summed E-state index contributed by atoms with van der Waals surface area (Å²) in [4.78, 5) is 0. The smallest absolute Gasteiger partial charge is 0.577 e. The van der Waals surface area contributed by atoms with Crippen LogP contribution in [0.1, 0.15) is 0 Å². The molecule has 0 atom stereocenters. The first-order chi connectivity index (χ1) is 3.93. The van der Waals surface area contributed by atoms with Crippen LogP contribution in [0.4, 0.5) is 0 Å². The topological polar surface area (TPSA) is 9.23 Å². The minimum atomic E-state index is 0. The van der Waals surface area contributed by atoms with E-state index in [-0.39, 0.29) is 39.5 Å². The molecule has 0 N–H and O–H groups in total. The van der Waals surface area contributed by atoms with Gasteiger partial charge in [-0.2, -0.15) is 0 Å². The molecule has 0 heterocycles. The molecule has 1 aromatic rings. The predicted octanol–water partition coefficient (Wildman–Crippen LogP) is -1.17. The van der Waals surface area contributed by atoms with Gasteiger partial charge < -0.3 is 14.6 Å². The molecule has 0 aliphatic carbocycles. The van der Waals surface area contributed by atoms with E-state index in [9.17, 15) is 0 Å². The van der Waals surface area contributed by atoms with Crippen molar-refractivity contribution in [3.63, 3.8) is 0 Å². The van der Waals surface area contributed by atoms with Gasteiger partial charge >= 0.3 is 29.6 Å². The Morgan fingerprint density at radius 1 is 1.40 bits per heavy atom. The number of benzene rings is 1. The molecule has 0 unspecified atom stereocenters. The van der Waals surface area contributed by atoms with Gasteiger partial charge in [-0.3, -0.25) is 0 Å². The Labute approximate surface area is 87.1 Å². The normalized spacial score (nSPS) is 6.90. The van der Waals surface area contributed by atoms with Crippen LogP contribution in [-0.2, 0) is 0 Å². The third-order valence-electron chi connectivity index (χ3n) is 0.900. The summed E-state index contributed by atoms with van der Waals surface area (Å²) in [6, 6.07) is 10.4.